The second-order valence-electron chi connectivity index (χ2n) is 6.35. The maximum absolute atomic E-state index is 12.7. The van der Waals surface area contributed by atoms with Crippen molar-refractivity contribution < 1.29 is 14.3 Å². The zero-order valence-corrected chi connectivity index (χ0v) is 14.6. The number of amides is 1. The van der Waals surface area contributed by atoms with Crippen LogP contribution in [0.3, 0.4) is 0 Å². The van der Waals surface area contributed by atoms with E-state index in [4.69, 9.17) is 9.47 Å². The van der Waals surface area contributed by atoms with Gasteiger partial charge >= 0.3 is 0 Å². The number of aromatic nitrogens is 1. The SMILES string of the molecule is COc1cccc(C(=O)N2CCC(Oc3ccc4ccccc4n3)C2)c1. The Morgan fingerprint density at radius 3 is 2.88 bits per heavy atom. The van der Waals surface area contributed by atoms with E-state index in [0.717, 1.165) is 17.3 Å². The molecule has 1 unspecified atom stereocenters. The number of hydrogen-bond acceptors (Lipinski definition) is 4. The molecule has 1 amide bonds. The van der Waals surface area contributed by atoms with Gasteiger partial charge in [-0.05, 0) is 30.3 Å². The first-order valence-electron chi connectivity index (χ1n) is 8.69. The van der Waals surface area contributed by atoms with Gasteiger partial charge in [0, 0.05) is 30.0 Å². The highest BCUT2D eigenvalue weighted by atomic mass is 16.5. The van der Waals surface area contributed by atoms with Crippen molar-refractivity contribution in [2.75, 3.05) is 20.2 Å². The summed E-state index contributed by atoms with van der Waals surface area (Å²) < 4.78 is 11.2. The predicted octanol–water partition coefficient (Wildman–Crippen LogP) is 3.54. The van der Waals surface area contributed by atoms with Gasteiger partial charge in [0.05, 0.1) is 19.2 Å². The number of pyridine rings is 1. The molecular formula is C21H20N2O3. The lowest BCUT2D eigenvalue weighted by molar-refractivity contribution is 0.0771. The standard InChI is InChI=1S/C21H20N2O3/c1-25-17-7-4-6-16(13-17)21(24)23-12-11-18(14-23)26-20-10-9-15-5-2-3-8-19(15)22-20/h2-10,13,18H,11-12,14H2,1H3. The Labute approximate surface area is 152 Å². The van der Waals surface area contributed by atoms with Gasteiger partial charge in [0.1, 0.15) is 11.9 Å². The molecule has 1 saturated heterocycles. The van der Waals surface area contributed by atoms with E-state index >= 15 is 0 Å². The number of methoxy groups -OCH3 is 1. The van der Waals surface area contributed by atoms with E-state index in [9.17, 15) is 4.79 Å². The monoisotopic (exact) mass is 348 g/mol. The molecule has 0 spiro atoms. The second kappa shape index (κ2) is 7.04. The van der Waals surface area contributed by atoms with Crippen LogP contribution >= 0.6 is 0 Å². The molecule has 0 bridgehead atoms. The summed E-state index contributed by atoms with van der Waals surface area (Å²) >= 11 is 0. The highest BCUT2D eigenvalue weighted by Crippen LogP contribution is 2.22. The third-order valence-corrected chi connectivity index (χ3v) is 4.61. The summed E-state index contributed by atoms with van der Waals surface area (Å²) in [5.41, 5.74) is 1.54. The lowest BCUT2D eigenvalue weighted by Gasteiger charge is -2.17. The summed E-state index contributed by atoms with van der Waals surface area (Å²) in [4.78, 5) is 19.1. The fourth-order valence-electron chi connectivity index (χ4n) is 3.23. The third kappa shape index (κ3) is 3.33. The molecular weight excluding hydrogens is 328 g/mol. The normalized spacial score (nSPS) is 16.7. The van der Waals surface area contributed by atoms with Crippen LogP contribution < -0.4 is 9.47 Å². The molecule has 1 fully saturated rings. The lowest BCUT2D eigenvalue weighted by atomic mass is 10.2. The number of carbonyl (C=O) groups is 1. The lowest BCUT2D eigenvalue weighted by Crippen LogP contribution is -2.31. The molecule has 5 heteroatoms. The molecule has 26 heavy (non-hydrogen) atoms. The fraction of sp³-hybridized carbons (Fsp3) is 0.238. The summed E-state index contributed by atoms with van der Waals surface area (Å²) in [5.74, 6) is 1.29. The van der Waals surface area contributed by atoms with Crippen LogP contribution in [0.25, 0.3) is 10.9 Å². The number of likely N-dealkylation sites (tertiary alicyclic amines) is 1. The van der Waals surface area contributed by atoms with Crippen LogP contribution in [0.5, 0.6) is 11.6 Å². The van der Waals surface area contributed by atoms with Gasteiger partial charge in [-0.3, -0.25) is 4.79 Å². The summed E-state index contributed by atoms with van der Waals surface area (Å²) in [6.07, 6.45) is 0.753. The Bertz CT molecular complexity index is 941. The van der Waals surface area contributed by atoms with Crippen molar-refractivity contribution >= 4 is 16.8 Å². The Morgan fingerprint density at radius 1 is 1.12 bits per heavy atom. The van der Waals surface area contributed by atoms with Crippen LogP contribution in [0, 0.1) is 0 Å². The second-order valence-corrected chi connectivity index (χ2v) is 6.35. The number of fused-ring (bicyclic) bond motifs is 1. The topological polar surface area (TPSA) is 51.7 Å². The molecule has 1 aliphatic heterocycles. The number of benzene rings is 2. The predicted molar refractivity (Wildman–Crippen MR) is 99.7 cm³/mol. The van der Waals surface area contributed by atoms with Crippen LogP contribution in [0.1, 0.15) is 16.8 Å². The molecule has 5 nitrogen and oxygen atoms in total. The van der Waals surface area contributed by atoms with Crippen molar-refractivity contribution in [2.45, 2.75) is 12.5 Å². The zero-order valence-electron chi connectivity index (χ0n) is 14.6. The number of carbonyl (C=O) groups excluding carboxylic acids is 1. The molecule has 0 saturated carbocycles. The van der Waals surface area contributed by atoms with E-state index in [1.807, 2.05) is 59.5 Å². The van der Waals surface area contributed by atoms with Gasteiger partial charge in [-0.25, -0.2) is 4.98 Å². The van der Waals surface area contributed by atoms with Gasteiger partial charge in [-0.15, -0.1) is 0 Å². The Kier molecular flexibility index (Phi) is 4.44. The molecule has 3 aromatic rings. The van der Waals surface area contributed by atoms with Crippen LogP contribution in [-0.4, -0.2) is 42.1 Å². The van der Waals surface area contributed by atoms with Crippen molar-refractivity contribution in [3.8, 4) is 11.6 Å². The van der Waals surface area contributed by atoms with Gasteiger partial charge in [0.25, 0.3) is 5.91 Å². The Hall–Kier alpha value is -3.08. The van der Waals surface area contributed by atoms with E-state index in [2.05, 4.69) is 4.98 Å². The van der Waals surface area contributed by atoms with Gasteiger partial charge < -0.3 is 14.4 Å². The largest absolute Gasteiger partial charge is 0.497 e. The first-order chi connectivity index (χ1) is 12.7. The van der Waals surface area contributed by atoms with Gasteiger partial charge in [-0.2, -0.15) is 0 Å². The minimum Gasteiger partial charge on any atom is -0.497 e. The Balaban J connectivity index is 1.43. The molecule has 0 radical (unpaired) electrons. The number of nitrogens with zero attached hydrogens (tertiary/aromatic N) is 2. The summed E-state index contributed by atoms with van der Waals surface area (Å²) in [5, 5.41) is 1.08. The molecule has 2 heterocycles. The van der Waals surface area contributed by atoms with E-state index in [-0.39, 0.29) is 12.0 Å². The smallest absolute Gasteiger partial charge is 0.254 e. The zero-order chi connectivity index (χ0) is 17.9. The minimum absolute atomic E-state index is 0.00136. The van der Waals surface area contributed by atoms with Crippen LogP contribution in [0.4, 0.5) is 0 Å². The number of ether oxygens (including phenoxy) is 2. The van der Waals surface area contributed by atoms with Crippen molar-refractivity contribution in [1.29, 1.82) is 0 Å². The van der Waals surface area contributed by atoms with E-state index in [1.54, 1.807) is 13.2 Å². The molecule has 1 aliphatic rings. The molecule has 0 N–H and O–H groups in total. The van der Waals surface area contributed by atoms with E-state index < -0.39 is 0 Å². The van der Waals surface area contributed by atoms with Crippen molar-refractivity contribution in [1.82, 2.24) is 9.88 Å². The summed E-state index contributed by atoms with van der Waals surface area (Å²) in [6.45, 7) is 1.23. The number of para-hydroxylation sites is 1. The average molecular weight is 348 g/mol. The van der Waals surface area contributed by atoms with Crippen molar-refractivity contribution in [2.24, 2.45) is 0 Å². The number of hydrogen-bond donors (Lipinski definition) is 0. The fourth-order valence-corrected chi connectivity index (χ4v) is 3.23. The van der Waals surface area contributed by atoms with Crippen LogP contribution in [0.2, 0.25) is 0 Å². The first-order valence-corrected chi connectivity index (χ1v) is 8.69. The van der Waals surface area contributed by atoms with Crippen LogP contribution in [0.15, 0.2) is 60.7 Å². The highest BCUT2D eigenvalue weighted by Gasteiger charge is 2.28. The molecule has 1 atom stereocenters. The molecule has 0 aliphatic carbocycles. The first kappa shape index (κ1) is 16.4. The highest BCUT2D eigenvalue weighted by molar-refractivity contribution is 5.94. The molecule has 132 valence electrons. The van der Waals surface area contributed by atoms with E-state index in [1.165, 1.54) is 0 Å². The van der Waals surface area contributed by atoms with Gasteiger partial charge in [0.2, 0.25) is 5.88 Å². The summed E-state index contributed by atoms with van der Waals surface area (Å²) in [6, 6.07) is 19.1. The Morgan fingerprint density at radius 2 is 2.00 bits per heavy atom. The molecule has 1 aromatic heterocycles. The van der Waals surface area contributed by atoms with Crippen molar-refractivity contribution in [3.05, 3.63) is 66.2 Å². The van der Waals surface area contributed by atoms with Crippen molar-refractivity contribution in [3.63, 3.8) is 0 Å². The van der Waals surface area contributed by atoms with E-state index in [0.29, 0.717) is 30.3 Å². The van der Waals surface area contributed by atoms with Crippen LogP contribution in [-0.2, 0) is 0 Å². The third-order valence-electron chi connectivity index (χ3n) is 4.61. The molecule has 4 rings (SSSR count). The number of rotatable bonds is 4. The van der Waals surface area contributed by atoms with Gasteiger partial charge in [-0.1, -0.05) is 24.3 Å². The maximum atomic E-state index is 12.7. The van der Waals surface area contributed by atoms with Gasteiger partial charge in [0.15, 0.2) is 0 Å². The summed E-state index contributed by atoms with van der Waals surface area (Å²) in [7, 11) is 1.60. The average Bonchev–Trinajstić information content (AvgIpc) is 3.15. The molecule has 2 aromatic carbocycles. The maximum Gasteiger partial charge on any atom is 0.254 e. The minimum atomic E-state index is -0.0433. The quantitative estimate of drug-likeness (QED) is 0.724.